The second-order valence-electron chi connectivity index (χ2n) is 15.5. The zero-order valence-corrected chi connectivity index (χ0v) is 37.4. The Kier molecular flexibility index (Phi) is 16.3. The first kappa shape index (κ1) is 44.2. The van der Waals surface area contributed by atoms with E-state index < -0.39 is 0 Å². The van der Waals surface area contributed by atoms with Gasteiger partial charge in [0.1, 0.15) is 0 Å². The third-order valence-electron chi connectivity index (χ3n) is 10.6. The van der Waals surface area contributed by atoms with Gasteiger partial charge in [0.05, 0.1) is 0 Å². The first-order valence-electron chi connectivity index (χ1n) is 22.0. The van der Waals surface area contributed by atoms with Crippen LogP contribution in [0, 0.1) is 27.7 Å². The van der Waals surface area contributed by atoms with Crippen molar-refractivity contribution >= 4 is 22.7 Å². The molecule has 0 fully saturated rings. The maximum atomic E-state index is 3.62. The largest absolute Gasteiger partial charge is 0.356 e. The van der Waals surface area contributed by atoms with Crippen molar-refractivity contribution in [1.82, 2.24) is 0 Å². The minimum Gasteiger partial charge on any atom is -0.356 e. The van der Waals surface area contributed by atoms with Gasteiger partial charge in [-0.2, -0.15) is 0 Å². The fourth-order valence-corrected chi connectivity index (χ4v) is 7.61. The molecule has 0 aliphatic rings. The number of aryl methyl sites for hydroxylation is 6. The molecule has 0 bridgehead atoms. The van der Waals surface area contributed by atoms with Crippen molar-refractivity contribution in [3.05, 3.63) is 179 Å². The predicted molar refractivity (Wildman–Crippen MR) is 262 cm³/mol. The summed E-state index contributed by atoms with van der Waals surface area (Å²) in [7, 11) is 0. The van der Waals surface area contributed by atoms with Gasteiger partial charge in [-0.25, -0.2) is 0 Å². The van der Waals surface area contributed by atoms with Gasteiger partial charge in [0.15, 0.2) is 0 Å². The van der Waals surface area contributed by atoms with Crippen molar-refractivity contribution in [2.24, 2.45) is 0 Å². The Morgan fingerprint density at radius 3 is 0.881 bits per heavy atom. The molecule has 0 heterocycles. The van der Waals surface area contributed by atoms with Crippen LogP contribution in [0.1, 0.15) is 94.2 Å². The maximum absolute atomic E-state index is 3.62. The van der Waals surface area contributed by atoms with E-state index >= 15 is 0 Å². The van der Waals surface area contributed by atoms with Crippen LogP contribution in [0.2, 0.25) is 0 Å². The lowest BCUT2D eigenvalue weighted by Crippen LogP contribution is -1.96. The van der Waals surface area contributed by atoms with Crippen LogP contribution in [0.15, 0.2) is 146 Å². The van der Waals surface area contributed by atoms with Crippen molar-refractivity contribution < 1.29 is 0 Å². The molecule has 2 heteroatoms. The molecule has 0 saturated heterocycles. The molecule has 0 atom stereocenters. The highest BCUT2D eigenvalue weighted by atomic mass is 14.9. The van der Waals surface area contributed by atoms with Crippen LogP contribution >= 0.6 is 0 Å². The first-order valence-corrected chi connectivity index (χ1v) is 22.0. The number of nitrogens with one attached hydrogen (secondary N) is 2. The summed E-state index contributed by atoms with van der Waals surface area (Å²) in [6, 6.07) is 53.5. The Balaban J connectivity index is 0.00000127. The van der Waals surface area contributed by atoms with Gasteiger partial charge in [0, 0.05) is 22.7 Å². The van der Waals surface area contributed by atoms with Crippen molar-refractivity contribution in [1.29, 1.82) is 0 Å². The Hall–Kier alpha value is -5.86. The smallest absolute Gasteiger partial charge is 0.0387 e. The third-order valence-corrected chi connectivity index (χ3v) is 10.6. The zero-order chi connectivity index (χ0) is 42.3. The van der Waals surface area contributed by atoms with Crippen LogP contribution in [0.5, 0.6) is 0 Å². The minimum absolute atomic E-state index is 1.09. The minimum atomic E-state index is 1.09. The lowest BCUT2D eigenvalue weighted by atomic mass is 9.89. The highest BCUT2D eigenvalue weighted by Crippen LogP contribution is 2.37. The van der Waals surface area contributed by atoms with Crippen LogP contribution < -0.4 is 10.6 Å². The van der Waals surface area contributed by atoms with Crippen LogP contribution in [0.4, 0.5) is 22.7 Å². The summed E-state index contributed by atoms with van der Waals surface area (Å²) in [5, 5.41) is 7.24. The quantitative estimate of drug-likeness (QED) is 0.129. The lowest BCUT2D eigenvalue weighted by Gasteiger charge is -2.18. The fourth-order valence-electron chi connectivity index (χ4n) is 7.61. The van der Waals surface area contributed by atoms with Gasteiger partial charge >= 0.3 is 0 Å². The van der Waals surface area contributed by atoms with Gasteiger partial charge in [0.2, 0.25) is 0 Å². The molecule has 0 aromatic heterocycles. The molecule has 304 valence electrons. The molecular weight excluding hydrogens is 713 g/mol. The Morgan fingerprint density at radius 1 is 0.322 bits per heavy atom. The number of hydrogen-bond donors (Lipinski definition) is 2. The summed E-state index contributed by atoms with van der Waals surface area (Å²) in [5.41, 5.74) is 22.3. The predicted octanol–water partition coefficient (Wildman–Crippen LogP) is 17.4. The molecule has 0 unspecified atom stereocenters. The summed E-state index contributed by atoms with van der Waals surface area (Å²) in [4.78, 5) is 0. The summed E-state index contributed by atoms with van der Waals surface area (Å²) in [5.74, 6) is 0. The molecule has 7 aromatic carbocycles. The monoisotopic (exact) mass is 779 g/mol. The van der Waals surface area contributed by atoms with E-state index in [4.69, 9.17) is 0 Å². The molecule has 0 aliphatic heterocycles. The van der Waals surface area contributed by atoms with E-state index in [1.165, 1.54) is 97.2 Å². The molecule has 0 saturated carbocycles. The van der Waals surface area contributed by atoms with Gasteiger partial charge in [0.25, 0.3) is 0 Å². The van der Waals surface area contributed by atoms with Gasteiger partial charge in [-0.1, -0.05) is 158 Å². The molecular formula is C57H66N2. The second kappa shape index (κ2) is 21.8. The molecule has 0 aliphatic carbocycles. The van der Waals surface area contributed by atoms with Crippen LogP contribution in [-0.2, 0) is 12.8 Å². The van der Waals surface area contributed by atoms with Gasteiger partial charge in [-0.15, -0.1) is 0 Å². The first-order chi connectivity index (χ1) is 28.7. The van der Waals surface area contributed by atoms with Gasteiger partial charge < -0.3 is 10.6 Å². The number of hydrogen-bond acceptors (Lipinski definition) is 2. The van der Waals surface area contributed by atoms with Crippen molar-refractivity contribution in [3.8, 4) is 44.5 Å². The Bertz CT molecular complexity index is 2190. The Morgan fingerprint density at radius 2 is 0.593 bits per heavy atom. The average Bonchev–Trinajstić information content (AvgIpc) is 3.24. The zero-order valence-electron chi connectivity index (χ0n) is 37.4. The summed E-state index contributed by atoms with van der Waals surface area (Å²) in [6.07, 6.45) is 5.86. The Labute approximate surface area is 356 Å². The van der Waals surface area contributed by atoms with Gasteiger partial charge in [-0.05, 0) is 167 Å². The van der Waals surface area contributed by atoms with E-state index in [-0.39, 0.29) is 0 Å². The van der Waals surface area contributed by atoms with Crippen molar-refractivity contribution in [3.63, 3.8) is 0 Å². The SMILES string of the molecule is CC.CCC.CCCc1ccc(-c2ccc(Nc3ccc(-c4cc(C)c(-c5ccc(Nc6ccc(-c7ccc(CCC)cc7)cc6)cc5C)cc4C)c(C)c3)cc2)cc1. The highest BCUT2D eigenvalue weighted by Gasteiger charge is 2.13. The van der Waals surface area contributed by atoms with Gasteiger partial charge in [-0.3, -0.25) is 0 Å². The van der Waals surface area contributed by atoms with E-state index in [1.54, 1.807) is 0 Å². The number of benzene rings is 7. The molecule has 7 rings (SSSR count). The number of rotatable bonds is 12. The third kappa shape index (κ3) is 11.6. The standard InChI is InChI=1S/C52H52N2.C3H8.C2H6/c1-7-9-39-11-15-41(16-12-39)43-19-23-45(24-20-43)53-47-27-29-49(35(3)31-47)51-33-38(6)52(34-37(51)5)50-30-28-48(32-36(50)4)54-46-25-21-44(22-26-46)42-17-13-40(10-8-2)14-18-42;1-3-2;1-2/h11-34,53-54H,7-10H2,1-6H3;3H2,1-2H3;1-2H3. The molecule has 2 nitrogen and oxygen atoms in total. The topological polar surface area (TPSA) is 24.1 Å². The molecule has 0 amide bonds. The molecule has 0 radical (unpaired) electrons. The average molecular weight is 779 g/mol. The van der Waals surface area contributed by atoms with E-state index in [1.807, 2.05) is 13.8 Å². The van der Waals surface area contributed by atoms with Crippen LogP contribution in [0.3, 0.4) is 0 Å². The fraction of sp³-hybridized carbons (Fsp3) is 0.263. The molecule has 7 aromatic rings. The van der Waals surface area contributed by atoms with E-state index in [0.717, 1.165) is 35.6 Å². The molecule has 59 heavy (non-hydrogen) atoms. The van der Waals surface area contributed by atoms with E-state index in [9.17, 15) is 0 Å². The summed E-state index contributed by atoms with van der Waals surface area (Å²) < 4.78 is 0. The second-order valence-corrected chi connectivity index (χ2v) is 15.5. The van der Waals surface area contributed by atoms with E-state index in [2.05, 4.69) is 212 Å². The van der Waals surface area contributed by atoms with E-state index in [0.29, 0.717) is 0 Å². The summed E-state index contributed by atoms with van der Waals surface area (Å²) >= 11 is 0. The summed E-state index contributed by atoms with van der Waals surface area (Å²) in [6.45, 7) is 21.6. The highest BCUT2D eigenvalue weighted by molar-refractivity contribution is 5.81. The molecule has 2 N–H and O–H groups in total. The lowest BCUT2D eigenvalue weighted by molar-refractivity contribution is 0.922. The normalized spacial score (nSPS) is 10.5. The number of anilines is 4. The van der Waals surface area contributed by atoms with Crippen molar-refractivity contribution in [2.75, 3.05) is 10.6 Å². The molecule has 0 spiro atoms. The van der Waals surface area contributed by atoms with Crippen molar-refractivity contribution in [2.45, 2.75) is 101 Å². The van der Waals surface area contributed by atoms with Crippen LogP contribution in [-0.4, -0.2) is 0 Å². The van der Waals surface area contributed by atoms with Crippen LogP contribution in [0.25, 0.3) is 44.5 Å². The maximum Gasteiger partial charge on any atom is 0.0387 e.